The van der Waals surface area contributed by atoms with Gasteiger partial charge in [-0.2, -0.15) is 5.26 Å². The van der Waals surface area contributed by atoms with Crippen LogP contribution < -0.4 is 0 Å². The Morgan fingerprint density at radius 1 is 1.75 bits per heavy atom. The van der Waals surface area contributed by atoms with Crippen molar-refractivity contribution in [3.8, 4) is 6.07 Å². The fourth-order valence-corrected chi connectivity index (χ4v) is 0.421. The monoisotopic (exact) mass is 110 g/mol. The molecule has 0 amide bonds. The molecule has 1 unspecified atom stereocenters. The summed E-state index contributed by atoms with van der Waals surface area (Å²) in [6, 6.07) is 2.08. The predicted octanol–water partition coefficient (Wildman–Crippen LogP) is 2.15. The summed E-state index contributed by atoms with van der Waals surface area (Å²) < 4.78 is 0. The van der Waals surface area contributed by atoms with E-state index < -0.39 is 0 Å². The van der Waals surface area contributed by atoms with Crippen molar-refractivity contribution in [3.63, 3.8) is 0 Å². The van der Waals surface area contributed by atoms with Gasteiger partial charge in [0.1, 0.15) is 0 Å². The average Bonchev–Trinajstić information content (AvgIpc) is 1.83. The van der Waals surface area contributed by atoms with Crippen molar-refractivity contribution in [1.29, 1.82) is 5.26 Å². The van der Waals surface area contributed by atoms with E-state index in [1.165, 1.54) is 0 Å². The minimum absolute atomic E-state index is 0.592. The summed E-state index contributed by atoms with van der Waals surface area (Å²) in [6.07, 6.45) is 3.77. The molecule has 0 aromatic rings. The zero-order valence-corrected chi connectivity index (χ0v) is 5.52. The van der Waals surface area contributed by atoms with Gasteiger partial charge in [-0.15, -0.1) is 0 Å². The number of hydrogen-bond donors (Lipinski definition) is 0. The molecule has 0 aliphatic carbocycles. The Kier molecular flexibility index (Phi) is 4.35. The first-order valence-electron chi connectivity index (χ1n) is 3.01. The molecule has 0 saturated heterocycles. The molecule has 1 atom stereocenters. The molecule has 0 saturated carbocycles. The molecule has 0 rings (SSSR count). The van der Waals surface area contributed by atoms with Crippen molar-refractivity contribution in [2.75, 3.05) is 0 Å². The van der Waals surface area contributed by atoms with E-state index in [1.54, 1.807) is 0 Å². The van der Waals surface area contributed by atoms with Crippen LogP contribution in [0.3, 0.4) is 0 Å². The van der Waals surface area contributed by atoms with E-state index >= 15 is 0 Å². The quantitative estimate of drug-likeness (QED) is 0.546. The van der Waals surface area contributed by atoms with E-state index in [2.05, 4.69) is 19.9 Å². The second-order valence-electron chi connectivity index (χ2n) is 1.98. The van der Waals surface area contributed by atoms with Gasteiger partial charge >= 0.3 is 0 Å². The highest BCUT2D eigenvalue weighted by atomic mass is 14.2. The highest BCUT2D eigenvalue weighted by Gasteiger charge is 1.95. The molecule has 1 heteroatoms. The van der Waals surface area contributed by atoms with Crippen molar-refractivity contribution in [2.45, 2.75) is 26.7 Å². The minimum atomic E-state index is 0.592. The van der Waals surface area contributed by atoms with E-state index in [0.29, 0.717) is 12.3 Å². The van der Waals surface area contributed by atoms with Crippen LogP contribution in [0.1, 0.15) is 26.7 Å². The van der Waals surface area contributed by atoms with Gasteiger partial charge in [0.05, 0.1) is 6.07 Å². The zero-order valence-electron chi connectivity index (χ0n) is 5.52. The second-order valence-corrected chi connectivity index (χ2v) is 1.98. The Morgan fingerprint density at radius 2 is 2.38 bits per heavy atom. The third-order valence-electron chi connectivity index (χ3n) is 1.26. The first kappa shape index (κ1) is 7.49. The van der Waals surface area contributed by atoms with Crippen LogP contribution >= 0.6 is 0 Å². The normalized spacial score (nSPS) is 12.6. The highest BCUT2D eigenvalue weighted by molar-refractivity contribution is 4.83. The van der Waals surface area contributed by atoms with Crippen molar-refractivity contribution in [1.82, 2.24) is 0 Å². The number of nitrogens with zero attached hydrogens (tertiary/aromatic N) is 1. The minimum Gasteiger partial charge on any atom is -0.198 e. The summed E-state index contributed by atoms with van der Waals surface area (Å²) in [5.74, 6) is 0.606. The Hall–Kier alpha value is -0.510. The molecule has 0 aromatic heterocycles. The second kappa shape index (κ2) is 4.64. The van der Waals surface area contributed by atoms with Gasteiger partial charge in [-0.05, 0) is 12.3 Å². The topological polar surface area (TPSA) is 23.8 Å². The van der Waals surface area contributed by atoms with Gasteiger partial charge in [0.15, 0.2) is 0 Å². The van der Waals surface area contributed by atoms with Crippen molar-refractivity contribution in [2.24, 2.45) is 5.92 Å². The molecule has 45 valence electrons. The van der Waals surface area contributed by atoms with Crippen molar-refractivity contribution < 1.29 is 0 Å². The summed E-state index contributed by atoms with van der Waals surface area (Å²) in [5.41, 5.74) is 0. The third kappa shape index (κ3) is 3.67. The maximum Gasteiger partial charge on any atom is 0.0624 e. The number of hydrogen-bond acceptors (Lipinski definition) is 1. The van der Waals surface area contributed by atoms with Crippen LogP contribution in [0.4, 0.5) is 0 Å². The SMILES string of the molecule is CCC(C)[CH]CC#N. The molecule has 1 radical (unpaired) electrons. The van der Waals surface area contributed by atoms with E-state index in [-0.39, 0.29) is 0 Å². The predicted molar refractivity (Wildman–Crippen MR) is 34.0 cm³/mol. The van der Waals surface area contributed by atoms with E-state index in [9.17, 15) is 0 Å². The van der Waals surface area contributed by atoms with Gasteiger partial charge in [0.2, 0.25) is 0 Å². The largest absolute Gasteiger partial charge is 0.198 e. The van der Waals surface area contributed by atoms with E-state index in [1.807, 2.05) is 6.42 Å². The molecule has 0 fully saturated rings. The number of nitriles is 1. The number of rotatable bonds is 3. The lowest BCUT2D eigenvalue weighted by Crippen LogP contribution is -1.90. The Bertz CT molecular complexity index is 80.9. The van der Waals surface area contributed by atoms with E-state index in [4.69, 9.17) is 5.26 Å². The lowest BCUT2D eigenvalue weighted by Gasteiger charge is -2.00. The summed E-state index contributed by atoms with van der Waals surface area (Å²) in [5, 5.41) is 8.13. The molecule has 0 bridgehead atoms. The van der Waals surface area contributed by atoms with Gasteiger partial charge in [-0.3, -0.25) is 0 Å². The average molecular weight is 110 g/mol. The molecule has 0 heterocycles. The smallest absolute Gasteiger partial charge is 0.0624 e. The summed E-state index contributed by atoms with van der Waals surface area (Å²) in [6.45, 7) is 4.25. The molecule has 0 aliphatic heterocycles. The van der Waals surface area contributed by atoms with Crippen LogP contribution in [0.2, 0.25) is 0 Å². The first-order chi connectivity index (χ1) is 3.81. The van der Waals surface area contributed by atoms with Gasteiger partial charge < -0.3 is 0 Å². The van der Waals surface area contributed by atoms with Crippen LogP contribution in [0.25, 0.3) is 0 Å². The van der Waals surface area contributed by atoms with Crippen molar-refractivity contribution >= 4 is 0 Å². The maximum absolute atomic E-state index is 8.13. The standard InChI is InChI=1S/C7H12N/c1-3-7(2)5-4-6-8/h5,7H,3-4H2,1-2H3. The molecule has 0 aromatic carbocycles. The molecular weight excluding hydrogens is 98.1 g/mol. The molecule has 0 spiro atoms. The van der Waals surface area contributed by atoms with Crippen LogP contribution in [-0.4, -0.2) is 0 Å². The Labute approximate surface area is 51.3 Å². The van der Waals surface area contributed by atoms with Gasteiger partial charge in [-0.1, -0.05) is 20.3 Å². The first-order valence-corrected chi connectivity index (χ1v) is 3.01. The third-order valence-corrected chi connectivity index (χ3v) is 1.26. The fourth-order valence-electron chi connectivity index (χ4n) is 0.421. The lowest BCUT2D eigenvalue weighted by atomic mass is 10.0. The highest BCUT2D eigenvalue weighted by Crippen LogP contribution is 2.05. The molecule has 0 aliphatic rings. The molecule has 1 nitrogen and oxygen atoms in total. The van der Waals surface area contributed by atoms with Gasteiger partial charge in [0.25, 0.3) is 0 Å². The zero-order chi connectivity index (χ0) is 6.41. The Balaban J connectivity index is 3.01. The van der Waals surface area contributed by atoms with Crippen molar-refractivity contribution in [3.05, 3.63) is 6.42 Å². The molecule has 8 heavy (non-hydrogen) atoms. The molecular formula is C7H12N. The Morgan fingerprint density at radius 3 is 2.75 bits per heavy atom. The lowest BCUT2D eigenvalue weighted by molar-refractivity contribution is 0.636. The molecule has 0 N–H and O–H groups in total. The maximum atomic E-state index is 8.13. The summed E-state index contributed by atoms with van der Waals surface area (Å²) >= 11 is 0. The summed E-state index contributed by atoms with van der Waals surface area (Å²) in [7, 11) is 0. The van der Waals surface area contributed by atoms with Crippen LogP contribution in [-0.2, 0) is 0 Å². The van der Waals surface area contributed by atoms with Gasteiger partial charge in [0, 0.05) is 6.42 Å². The summed E-state index contributed by atoms with van der Waals surface area (Å²) in [4.78, 5) is 0. The van der Waals surface area contributed by atoms with Crippen LogP contribution in [0, 0.1) is 23.7 Å². The fraction of sp³-hybridized carbons (Fsp3) is 0.714. The van der Waals surface area contributed by atoms with Crippen LogP contribution in [0.5, 0.6) is 0 Å². The van der Waals surface area contributed by atoms with Crippen LogP contribution in [0.15, 0.2) is 0 Å². The van der Waals surface area contributed by atoms with E-state index in [0.717, 1.165) is 6.42 Å². The van der Waals surface area contributed by atoms with Gasteiger partial charge in [-0.25, -0.2) is 0 Å².